The van der Waals surface area contributed by atoms with Gasteiger partial charge in [-0.15, -0.1) is 11.3 Å². The van der Waals surface area contributed by atoms with Gasteiger partial charge in [0.2, 0.25) is 0 Å². The minimum absolute atomic E-state index is 0.0949. The number of thiophene rings is 1. The molecule has 6 rings (SSSR count). The Labute approximate surface area is 126 Å². The van der Waals surface area contributed by atoms with Crippen molar-refractivity contribution in [2.75, 3.05) is 0 Å². The van der Waals surface area contributed by atoms with Crippen molar-refractivity contribution in [3.05, 3.63) is 34.5 Å². The van der Waals surface area contributed by atoms with Crippen LogP contribution in [0.15, 0.2) is 34.8 Å². The zero-order chi connectivity index (χ0) is 14.1. The number of hydrogen-bond donors (Lipinski definition) is 0. The van der Waals surface area contributed by atoms with Gasteiger partial charge in [0.1, 0.15) is 0 Å². The summed E-state index contributed by atoms with van der Waals surface area (Å²) in [6.07, 6.45) is 7.16. The molecule has 2 heterocycles. The summed E-state index contributed by atoms with van der Waals surface area (Å²) in [4.78, 5) is 26.2. The van der Waals surface area contributed by atoms with E-state index >= 15 is 0 Å². The smallest absolute Gasteiger partial charge is 0.254 e. The molecule has 1 saturated heterocycles. The highest BCUT2D eigenvalue weighted by Crippen LogP contribution is 2.65. The molecule has 6 atom stereocenters. The number of allylic oxidation sites excluding steroid dienone is 2. The third-order valence-corrected chi connectivity index (χ3v) is 6.29. The second-order valence-electron chi connectivity index (χ2n) is 6.40. The Morgan fingerprint density at radius 3 is 2.38 bits per heavy atom. The van der Waals surface area contributed by atoms with Gasteiger partial charge in [-0.3, -0.25) is 9.59 Å². The number of hydrogen-bond acceptors (Lipinski definition) is 4. The minimum atomic E-state index is -0.156. The maximum Gasteiger partial charge on any atom is 0.254 e. The number of carbonyl (C=O) groups is 2. The lowest BCUT2D eigenvalue weighted by molar-refractivity contribution is -0.140. The van der Waals surface area contributed by atoms with E-state index in [1.54, 1.807) is 17.6 Å². The summed E-state index contributed by atoms with van der Waals surface area (Å²) in [5.41, 5.74) is 0. The lowest BCUT2D eigenvalue weighted by atomic mass is 9.63. The van der Waals surface area contributed by atoms with E-state index < -0.39 is 0 Å². The fourth-order valence-corrected chi connectivity index (χ4v) is 5.11. The van der Waals surface area contributed by atoms with Crippen LogP contribution in [0, 0.1) is 35.5 Å². The molecule has 5 aliphatic rings. The fourth-order valence-electron chi connectivity index (χ4n) is 4.53. The van der Waals surface area contributed by atoms with Crippen LogP contribution in [0.3, 0.4) is 0 Å². The van der Waals surface area contributed by atoms with Crippen molar-refractivity contribution in [1.29, 1.82) is 0 Å². The first-order valence-corrected chi connectivity index (χ1v) is 8.27. The first-order chi connectivity index (χ1) is 10.3. The largest absolute Gasteiger partial charge is 0.272 e. The summed E-state index contributed by atoms with van der Waals surface area (Å²) >= 11 is 1.54. The van der Waals surface area contributed by atoms with Crippen LogP contribution in [0.2, 0.25) is 0 Å². The van der Waals surface area contributed by atoms with E-state index in [-0.39, 0.29) is 35.5 Å². The molecule has 4 nitrogen and oxygen atoms in total. The second kappa shape index (κ2) is 3.91. The molecule has 2 amide bonds. The van der Waals surface area contributed by atoms with Gasteiger partial charge in [0.15, 0.2) is 0 Å². The Balaban J connectivity index is 1.48. The SMILES string of the molecule is O=C1[C@@H]2[C@@H]3C=C[C@H]([C@@H]4C[C@H]34)[C@@H]2C(=O)N1/N=C\c1cccs1. The summed E-state index contributed by atoms with van der Waals surface area (Å²) in [5.74, 6) is 1.31. The summed E-state index contributed by atoms with van der Waals surface area (Å²) < 4.78 is 0. The fraction of sp³-hybridized carbons (Fsp3) is 0.438. The third-order valence-electron chi connectivity index (χ3n) is 5.48. The Kier molecular flexibility index (Phi) is 2.21. The lowest BCUT2D eigenvalue weighted by Gasteiger charge is -2.37. The number of amides is 2. The van der Waals surface area contributed by atoms with Gasteiger partial charge in [0, 0.05) is 4.88 Å². The first kappa shape index (κ1) is 11.9. The molecule has 1 aliphatic heterocycles. The molecular weight excluding hydrogens is 284 g/mol. The zero-order valence-electron chi connectivity index (χ0n) is 11.3. The maximum absolute atomic E-state index is 12.6. The van der Waals surface area contributed by atoms with Gasteiger partial charge in [0.25, 0.3) is 11.8 Å². The van der Waals surface area contributed by atoms with Gasteiger partial charge in [-0.25, -0.2) is 0 Å². The molecule has 0 radical (unpaired) electrons. The van der Waals surface area contributed by atoms with Crippen molar-refractivity contribution in [3.63, 3.8) is 0 Å². The van der Waals surface area contributed by atoms with E-state index in [2.05, 4.69) is 17.3 Å². The van der Waals surface area contributed by atoms with Crippen molar-refractivity contribution >= 4 is 29.4 Å². The Morgan fingerprint density at radius 2 is 1.81 bits per heavy atom. The summed E-state index contributed by atoms with van der Waals surface area (Å²) in [6.45, 7) is 0. The molecule has 1 aromatic heterocycles. The number of nitrogens with zero attached hydrogens (tertiary/aromatic N) is 2. The van der Waals surface area contributed by atoms with Crippen molar-refractivity contribution in [2.24, 2.45) is 40.6 Å². The third kappa shape index (κ3) is 1.47. The monoisotopic (exact) mass is 298 g/mol. The van der Waals surface area contributed by atoms with E-state index in [0.29, 0.717) is 11.8 Å². The molecule has 0 N–H and O–H groups in total. The highest BCUT2D eigenvalue weighted by atomic mass is 32.1. The van der Waals surface area contributed by atoms with Gasteiger partial charge in [-0.1, -0.05) is 18.2 Å². The predicted molar refractivity (Wildman–Crippen MR) is 78.5 cm³/mol. The van der Waals surface area contributed by atoms with Crippen LogP contribution in [0.5, 0.6) is 0 Å². The molecule has 5 heteroatoms. The van der Waals surface area contributed by atoms with Crippen LogP contribution in [-0.2, 0) is 9.59 Å². The van der Waals surface area contributed by atoms with E-state index in [0.717, 1.165) is 9.89 Å². The number of hydrazone groups is 1. The quantitative estimate of drug-likeness (QED) is 0.477. The Morgan fingerprint density at radius 1 is 1.14 bits per heavy atom. The summed E-state index contributed by atoms with van der Waals surface area (Å²) in [6, 6.07) is 3.85. The van der Waals surface area contributed by atoms with Crippen LogP contribution in [-0.4, -0.2) is 23.0 Å². The molecular formula is C16H14N2O2S. The zero-order valence-corrected chi connectivity index (χ0v) is 12.1. The van der Waals surface area contributed by atoms with Crippen LogP contribution < -0.4 is 0 Å². The van der Waals surface area contributed by atoms with E-state index in [4.69, 9.17) is 0 Å². The van der Waals surface area contributed by atoms with Crippen molar-refractivity contribution < 1.29 is 9.59 Å². The Hall–Kier alpha value is -1.75. The minimum Gasteiger partial charge on any atom is -0.272 e. The average Bonchev–Trinajstić information content (AvgIpc) is 3.10. The molecule has 0 unspecified atom stereocenters. The number of rotatable bonds is 2. The van der Waals surface area contributed by atoms with Gasteiger partial charge in [0.05, 0.1) is 18.1 Å². The first-order valence-electron chi connectivity index (χ1n) is 7.39. The predicted octanol–water partition coefficient (Wildman–Crippen LogP) is 2.14. The molecule has 2 bridgehead atoms. The lowest BCUT2D eigenvalue weighted by Crippen LogP contribution is -2.40. The molecule has 21 heavy (non-hydrogen) atoms. The molecule has 4 aliphatic carbocycles. The van der Waals surface area contributed by atoms with Crippen LogP contribution in [0.25, 0.3) is 0 Å². The molecule has 1 aromatic rings. The van der Waals surface area contributed by atoms with Gasteiger partial charge in [-0.2, -0.15) is 10.1 Å². The van der Waals surface area contributed by atoms with Gasteiger partial charge < -0.3 is 0 Å². The molecule has 2 saturated carbocycles. The highest BCUT2D eigenvalue weighted by molar-refractivity contribution is 7.11. The van der Waals surface area contributed by atoms with Crippen LogP contribution in [0.1, 0.15) is 11.3 Å². The molecule has 0 spiro atoms. The summed E-state index contributed by atoms with van der Waals surface area (Å²) in [5, 5.41) is 7.26. The average molecular weight is 298 g/mol. The highest BCUT2D eigenvalue weighted by Gasteiger charge is 2.67. The van der Waals surface area contributed by atoms with E-state index in [1.807, 2.05) is 17.5 Å². The molecule has 3 fully saturated rings. The maximum atomic E-state index is 12.6. The van der Waals surface area contributed by atoms with E-state index in [9.17, 15) is 9.59 Å². The number of carbonyl (C=O) groups excluding carboxylic acids is 2. The topological polar surface area (TPSA) is 49.7 Å². The summed E-state index contributed by atoms with van der Waals surface area (Å²) in [7, 11) is 0. The standard InChI is InChI=1S/C16H14N2O2S/c19-15-13-9-3-4-10(12-6-11(9)12)14(13)16(20)18(15)17-7-8-2-1-5-21-8/h1-5,7,9-14H,6H2/b17-7-/t9-,10-,11-,12+,13-,14+/m1/s1. The van der Waals surface area contributed by atoms with Crippen molar-refractivity contribution in [3.8, 4) is 0 Å². The molecule has 0 aromatic carbocycles. The second-order valence-corrected chi connectivity index (χ2v) is 7.38. The van der Waals surface area contributed by atoms with Crippen LogP contribution >= 0.6 is 11.3 Å². The molecule has 106 valence electrons. The number of imide groups is 1. The van der Waals surface area contributed by atoms with Crippen molar-refractivity contribution in [1.82, 2.24) is 5.01 Å². The van der Waals surface area contributed by atoms with Gasteiger partial charge >= 0.3 is 0 Å². The van der Waals surface area contributed by atoms with Crippen molar-refractivity contribution in [2.45, 2.75) is 6.42 Å². The normalized spacial score (nSPS) is 42.8. The Bertz CT molecular complexity index is 657. The van der Waals surface area contributed by atoms with Crippen LogP contribution in [0.4, 0.5) is 0 Å². The van der Waals surface area contributed by atoms with E-state index in [1.165, 1.54) is 6.42 Å². The van der Waals surface area contributed by atoms with Gasteiger partial charge in [-0.05, 0) is 41.5 Å².